The lowest BCUT2D eigenvalue weighted by atomic mass is 9.84. The Morgan fingerprint density at radius 2 is 1.79 bits per heavy atom. The van der Waals surface area contributed by atoms with Gasteiger partial charge in [0.1, 0.15) is 0 Å². The average Bonchev–Trinajstić information content (AvgIpc) is 1.78. The van der Waals surface area contributed by atoms with Gasteiger partial charge in [-0.15, -0.1) is 0 Å². The van der Waals surface area contributed by atoms with Gasteiger partial charge in [-0.25, -0.2) is 0 Å². The van der Waals surface area contributed by atoms with Crippen molar-refractivity contribution < 1.29 is 13.2 Å². The smallest absolute Gasteiger partial charge is 0.328 e. The molecule has 5 heteroatoms. The summed E-state index contributed by atoms with van der Waals surface area (Å²) < 4.78 is 35.5. The van der Waals surface area contributed by atoms with Crippen LogP contribution in [0.15, 0.2) is 0 Å². The zero-order valence-electron chi connectivity index (χ0n) is 8.82. The highest BCUT2D eigenvalue weighted by Crippen LogP contribution is 2.35. The number of rotatable bonds is 5. The molecule has 0 aliphatic rings. The Hall–Kier alpha value is 0.100. The highest BCUT2D eigenvalue weighted by atomic mass is 32.2. The third kappa shape index (κ3) is 8.69. The molecule has 0 amide bonds. The number of nitrogens with two attached hydrogens (primary N) is 1. The maximum Gasteiger partial charge on any atom is 0.441 e. The topological polar surface area (TPSA) is 26.0 Å². The van der Waals surface area contributed by atoms with Crippen molar-refractivity contribution in [2.45, 2.75) is 45.2 Å². The molecular formula is C9H18F3NS. The molecule has 0 aliphatic heterocycles. The van der Waals surface area contributed by atoms with Crippen molar-refractivity contribution in [2.75, 3.05) is 5.75 Å². The number of hydrogen-bond acceptors (Lipinski definition) is 2. The molecule has 0 aromatic heterocycles. The van der Waals surface area contributed by atoms with Gasteiger partial charge in [-0.1, -0.05) is 25.6 Å². The minimum Gasteiger partial charge on any atom is -0.328 e. The molecule has 1 nitrogen and oxygen atoms in total. The van der Waals surface area contributed by atoms with Gasteiger partial charge in [-0.3, -0.25) is 0 Å². The van der Waals surface area contributed by atoms with E-state index < -0.39 is 5.51 Å². The highest BCUT2D eigenvalue weighted by Gasteiger charge is 2.29. The summed E-state index contributed by atoms with van der Waals surface area (Å²) in [6.45, 7) is 5.78. The lowest BCUT2D eigenvalue weighted by molar-refractivity contribution is -0.0328. The summed E-state index contributed by atoms with van der Waals surface area (Å²) in [6, 6.07) is 0.0425. The average molecular weight is 229 g/mol. The van der Waals surface area contributed by atoms with Crippen LogP contribution in [-0.4, -0.2) is 17.3 Å². The fourth-order valence-electron chi connectivity index (χ4n) is 1.42. The SMILES string of the molecule is CC(N)CC(C)(C)CCSC(F)(F)F. The molecule has 0 saturated carbocycles. The maximum atomic E-state index is 11.8. The molecule has 0 radical (unpaired) electrons. The fourth-order valence-corrected chi connectivity index (χ4v) is 2.30. The zero-order valence-corrected chi connectivity index (χ0v) is 9.63. The van der Waals surface area contributed by atoms with Crippen molar-refractivity contribution in [3.63, 3.8) is 0 Å². The Morgan fingerprint density at radius 3 is 2.14 bits per heavy atom. The van der Waals surface area contributed by atoms with Gasteiger partial charge in [0.05, 0.1) is 0 Å². The van der Waals surface area contributed by atoms with Gasteiger partial charge in [-0.2, -0.15) is 13.2 Å². The van der Waals surface area contributed by atoms with Gasteiger partial charge in [0.2, 0.25) is 0 Å². The van der Waals surface area contributed by atoms with E-state index in [0.29, 0.717) is 6.42 Å². The fraction of sp³-hybridized carbons (Fsp3) is 1.00. The van der Waals surface area contributed by atoms with Crippen LogP contribution in [0.4, 0.5) is 13.2 Å². The van der Waals surface area contributed by atoms with Crippen molar-refractivity contribution in [3.8, 4) is 0 Å². The number of alkyl halides is 3. The van der Waals surface area contributed by atoms with Gasteiger partial charge in [0, 0.05) is 11.8 Å². The van der Waals surface area contributed by atoms with Gasteiger partial charge in [-0.05, 0) is 25.2 Å². The third-order valence-electron chi connectivity index (χ3n) is 1.92. The van der Waals surface area contributed by atoms with E-state index in [1.165, 1.54) is 0 Å². The van der Waals surface area contributed by atoms with E-state index in [0.717, 1.165) is 6.42 Å². The molecule has 0 aliphatic carbocycles. The molecule has 0 rings (SSSR count). The van der Waals surface area contributed by atoms with Crippen LogP contribution in [0.1, 0.15) is 33.6 Å². The lowest BCUT2D eigenvalue weighted by Gasteiger charge is -2.26. The molecular weight excluding hydrogens is 211 g/mol. The largest absolute Gasteiger partial charge is 0.441 e. The summed E-state index contributed by atoms with van der Waals surface area (Å²) >= 11 is 0.0467. The second-order valence-electron chi connectivity index (χ2n) is 4.39. The molecule has 0 saturated heterocycles. The van der Waals surface area contributed by atoms with Gasteiger partial charge >= 0.3 is 5.51 Å². The standard InChI is InChI=1S/C9H18F3NS/c1-7(13)6-8(2,3)4-5-14-9(10,11)12/h7H,4-6,13H2,1-3H3. The van der Waals surface area contributed by atoms with Gasteiger partial charge in [0.15, 0.2) is 0 Å². The third-order valence-corrected chi connectivity index (χ3v) is 2.65. The van der Waals surface area contributed by atoms with E-state index >= 15 is 0 Å². The molecule has 2 N–H and O–H groups in total. The van der Waals surface area contributed by atoms with Crippen LogP contribution in [0.2, 0.25) is 0 Å². The first kappa shape index (κ1) is 14.1. The molecule has 86 valence electrons. The summed E-state index contributed by atoms with van der Waals surface area (Å²) in [5, 5.41) is 0. The van der Waals surface area contributed by atoms with E-state index in [1.807, 2.05) is 20.8 Å². The van der Waals surface area contributed by atoms with Gasteiger partial charge < -0.3 is 5.73 Å². The Labute approximate surface area is 87.6 Å². The van der Waals surface area contributed by atoms with E-state index in [2.05, 4.69) is 0 Å². The molecule has 0 aromatic carbocycles. The molecule has 0 bridgehead atoms. The van der Waals surface area contributed by atoms with Crippen LogP contribution in [0.5, 0.6) is 0 Å². The van der Waals surface area contributed by atoms with Crippen molar-refractivity contribution in [1.29, 1.82) is 0 Å². The van der Waals surface area contributed by atoms with Crippen LogP contribution in [0, 0.1) is 5.41 Å². The first-order valence-electron chi connectivity index (χ1n) is 4.59. The van der Waals surface area contributed by atoms with Crippen molar-refractivity contribution >= 4 is 11.8 Å². The molecule has 1 unspecified atom stereocenters. The Morgan fingerprint density at radius 1 is 1.29 bits per heavy atom. The van der Waals surface area contributed by atoms with E-state index in [4.69, 9.17) is 5.73 Å². The Balaban J connectivity index is 3.76. The normalized spacial score (nSPS) is 15.6. The summed E-state index contributed by atoms with van der Waals surface area (Å²) in [4.78, 5) is 0. The van der Waals surface area contributed by atoms with Crippen LogP contribution < -0.4 is 5.73 Å². The predicted octanol–water partition coefficient (Wildman–Crippen LogP) is 3.39. The second-order valence-corrected chi connectivity index (χ2v) is 5.55. The van der Waals surface area contributed by atoms with Crippen LogP contribution >= 0.6 is 11.8 Å². The first-order chi connectivity index (χ1) is 6.12. The van der Waals surface area contributed by atoms with Crippen molar-refractivity contribution in [2.24, 2.45) is 11.1 Å². The van der Waals surface area contributed by atoms with Crippen LogP contribution in [-0.2, 0) is 0 Å². The lowest BCUT2D eigenvalue weighted by Crippen LogP contribution is -2.25. The first-order valence-corrected chi connectivity index (χ1v) is 5.57. The Bertz CT molecular complexity index is 166. The maximum absolute atomic E-state index is 11.8. The summed E-state index contributed by atoms with van der Waals surface area (Å²) in [7, 11) is 0. The Kier molecular flexibility index (Phi) is 5.30. The summed E-state index contributed by atoms with van der Waals surface area (Å²) in [6.07, 6.45) is 1.30. The number of thioether (sulfide) groups is 1. The van der Waals surface area contributed by atoms with Crippen LogP contribution in [0.25, 0.3) is 0 Å². The molecule has 0 spiro atoms. The zero-order chi connectivity index (χ0) is 11.4. The van der Waals surface area contributed by atoms with E-state index in [-0.39, 0.29) is 29.0 Å². The van der Waals surface area contributed by atoms with Crippen LogP contribution in [0.3, 0.4) is 0 Å². The second kappa shape index (κ2) is 5.26. The van der Waals surface area contributed by atoms with Gasteiger partial charge in [0.25, 0.3) is 0 Å². The minimum absolute atomic E-state index is 0.0425. The van der Waals surface area contributed by atoms with E-state index in [9.17, 15) is 13.2 Å². The van der Waals surface area contributed by atoms with Crippen molar-refractivity contribution in [3.05, 3.63) is 0 Å². The molecule has 1 atom stereocenters. The summed E-state index contributed by atoms with van der Waals surface area (Å²) in [5.74, 6) is 0.114. The predicted molar refractivity (Wildman–Crippen MR) is 55.2 cm³/mol. The molecule has 14 heavy (non-hydrogen) atoms. The number of hydrogen-bond donors (Lipinski definition) is 1. The molecule has 0 heterocycles. The minimum atomic E-state index is -4.11. The molecule has 0 aromatic rings. The van der Waals surface area contributed by atoms with E-state index in [1.54, 1.807) is 0 Å². The summed E-state index contributed by atoms with van der Waals surface area (Å²) in [5.41, 5.74) is 1.40. The monoisotopic (exact) mass is 229 g/mol. The molecule has 0 fully saturated rings. The quantitative estimate of drug-likeness (QED) is 0.782. The highest BCUT2D eigenvalue weighted by molar-refractivity contribution is 8.00. The number of halogens is 3. The van der Waals surface area contributed by atoms with Crippen molar-refractivity contribution in [1.82, 2.24) is 0 Å².